The Morgan fingerprint density at radius 2 is 2.06 bits per heavy atom. The summed E-state index contributed by atoms with van der Waals surface area (Å²) in [4.78, 5) is 11.0. The summed E-state index contributed by atoms with van der Waals surface area (Å²) >= 11 is 0. The molecule has 4 unspecified atom stereocenters. The summed E-state index contributed by atoms with van der Waals surface area (Å²) in [5, 5.41) is 12.7. The van der Waals surface area contributed by atoms with E-state index in [1.54, 1.807) is 7.11 Å². The van der Waals surface area contributed by atoms with E-state index in [1.807, 2.05) is 0 Å². The first-order valence-corrected chi connectivity index (χ1v) is 6.96. The number of methoxy groups -OCH3 is 1. The van der Waals surface area contributed by atoms with Gasteiger partial charge in [0.15, 0.2) is 0 Å². The lowest BCUT2D eigenvalue weighted by Crippen LogP contribution is -2.63. The Kier molecular flexibility index (Phi) is 3.97. The van der Waals surface area contributed by atoms with Gasteiger partial charge in [-0.05, 0) is 25.7 Å². The van der Waals surface area contributed by atoms with Crippen molar-refractivity contribution >= 4 is 5.97 Å². The Labute approximate surface area is 109 Å². The summed E-state index contributed by atoms with van der Waals surface area (Å²) in [6, 6.07) is 0.821. The molecule has 0 heterocycles. The third-order valence-corrected chi connectivity index (χ3v) is 4.92. The van der Waals surface area contributed by atoms with Crippen molar-refractivity contribution in [2.75, 3.05) is 7.11 Å². The highest BCUT2D eigenvalue weighted by molar-refractivity contribution is 5.70. The minimum Gasteiger partial charge on any atom is -0.481 e. The molecule has 2 aliphatic rings. The van der Waals surface area contributed by atoms with Crippen LogP contribution in [0.25, 0.3) is 0 Å². The van der Waals surface area contributed by atoms with Crippen LogP contribution in [0.5, 0.6) is 0 Å². The highest BCUT2D eigenvalue weighted by atomic mass is 16.5. The molecule has 0 aromatic heterocycles. The molecule has 18 heavy (non-hydrogen) atoms. The molecule has 0 bridgehead atoms. The predicted molar refractivity (Wildman–Crippen MR) is 69.5 cm³/mol. The standard InChI is InChI=1S/C14H25NO3/c1-14(2)11(8-12(14)18-3)15-10-6-4-5-9(7-10)13(16)17/h9-12,15H,4-8H2,1-3H3,(H,16,17). The average Bonchev–Trinajstić information content (AvgIpc) is 2.34. The monoisotopic (exact) mass is 255 g/mol. The summed E-state index contributed by atoms with van der Waals surface area (Å²) in [5.74, 6) is -0.790. The maximum absolute atomic E-state index is 11.0. The molecule has 0 aliphatic heterocycles. The summed E-state index contributed by atoms with van der Waals surface area (Å²) in [7, 11) is 1.77. The molecule has 0 aromatic rings. The molecule has 0 amide bonds. The van der Waals surface area contributed by atoms with Gasteiger partial charge in [-0.3, -0.25) is 4.79 Å². The van der Waals surface area contributed by atoms with Gasteiger partial charge in [-0.15, -0.1) is 0 Å². The maximum Gasteiger partial charge on any atom is 0.306 e. The van der Waals surface area contributed by atoms with Crippen LogP contribution in [-0.4, -0.2) is 36.4 Å². The normalized spacial score (nSPS) is 39.1. The van der Waals surface area contributed by atoms with Gasteiger partial charge in [0.05, 0.1) is 12.0 Å². The summed E-state index contributed by atoms with van der Waals surface area (Å²) in [5.41, 5.74) is 0.158. The molecule has 0 spiro atoms. The van der Waals surface area contributed by atoms with Crippen LogP contribution < -0.4 is 5.32 Å². The van der Waals surface area contributed by atoms with E-state index < -0.39 is 5.97 Å². The number of carboxylic acids is 1. The van der Waals surface area contributed by atoms with Gasteiger partial charge >= 0.3 is 5.97 Å². The van der Waals surface area contributed by atoms with Gasteiger partial charge in [0.2, 0.25) is 0 Å². The summed E-state index contributed by atoms with van der Waals surface area (Å²) in [6.07, 6.45) is 5.11. The number of carbonyl (C=O) groups is 1. The number of aliphatic carboxylic acids is 1. The second-order valence-electron chi connectivity index (χ2n) is 6.40. The molecule has 0 aromatic carbocycles. The van der Waals surface area contributed by atoms with Crippen molar-refractivity contribution in [1.29, 1.82) is 0 Å². The minimum atomic E-state index is -0.635. The molecule has 104 valence electrons. The van der Waals surface area contributed by atoms with Crippen molar-refractivity contribution in [3.8, 4) is 0 Å². The Hall–Kier alpha value is -0.610. The maximum atomic E-state index is 11.0. The van der Waals surface area contributed by atoms with E-state index in [-0.39, 0.29) is 11.3 Å². The number of nitrogens with one attached hydrogen (secondary N) is 1. The summed E-state index contributed by atoms with van der Waals surface area (Å²) < 4.78 is 5.45. The fourth-order valence-corrected chi connectivity index (χ4v) is 3.42. The Morgan fingerprint density at radius 1 is 1.33 bits per heavy atom. The fraction of sp³-hybridized carbons (Fsp3) is 0.929. The van der Waals surface area contributed by atoms with E-state index in [0.29, 0.717) is 18.2 Å². The highest BCUT2D eigenvalue weighted by Gasteiger charge is 2.49. The van der Waals surface area contributed by atoms with Gasteiger partial charge in [0.25, 0.3) is 0 Å². The van der Waals surface area contributed by atoms with Crippen molar-refractivity contribution in [1.82, 2.24) is 5.32 Å². The second-order valence-corrected chi connectivity index (χ2v) is 6.40. The van der Waals surface area contributed by atoms with Crippen LogP contribution in [0.4, 0.5) is 0 Å². The molecule has 2 aliphatic carbocycles. The first-order chi connectivity index (χ1) is 8.45. The van der Waals surface area contributed by atoms with E-state index in [4.69, 9.17) is 9.84 Å². The molecule has 0 saturated heterocycles. The Bertz CT molecular complexity index is 316. The zero-order chi connectivity index (χ0) is 13.3. The molecule has 2 fully saturated rings. The third kappa shape index (κ3) is 2.54. The van der Waals surface area contributed by atoms with Crippen LogP contribution in [0.2, 0.25) is 0 Å². The zero-order valence-electron chi connectivity index (χ0n) is 11.6. The molecule has 0 radical (unpaired) electrons. The zero-order valence-corrected chi connectivity index (χ0v) is 11.6. The quantitative estimate of drug-likeness (QED) is 0.807. The molecule has 2 N–H and O–H groups in total. The Morgan fingerprint density at radius 3 is 2.61 bits per heavy atom. The fourth-order valence-electron chi connectivity index (χ4n) is 3.42. The van der Waals surface area contributed by atoms with Crippen LogP contribution in [0.15, 0.2) is 0 Å². The number of ether oxygens (including phenoxy) is 1. The van der Waals surface area contributed by atoms with Crippen molar-refractivity contribution < 1.29 is 14.6 Å². The topological polar surface area (TPSA) is 58.6 Å². The largest absolute Gasteiger partial charge is 0.481 e. The molecule has 4 atom stereocenters. The van der Waals surface area contributed by atoms with Crippen LogP contribution >= 0.6 is 0 Å². The lowest BCUT2D eigenvalue weighted by Gasteiger charge is -2.53. The van der Waals surface area contributed by atoms with E-state index in [9.17, 15) is 4.79 Å². The molecular weight excluding hydrogens is 230 g/mol. The lowest BCUT2D eigenvalue weighted by molar-refractivity contribution is -0.143. The van der Waals surface area contributed by atoms with Gasteiger partial charge in [0, 0.05) is 24.6 Å². The Balaban J connectivity index is 1.85. The van der Waals surface area contributed by atoms with Crippen LogP contribution in [-0.2, 0) is 9.53 Å². The molecular formula is C14H25NO3. The minimum absolute atomic E-state index is 0.155. The first-order valence-electron chi connectivity index (χ1n) is 6.96. The molecule has 2 saturated carbocycles. The average molecular weight is 255 g/mol. The van der Waals surface area contributed by atoms with Crippen LogP contribution in [0.3, 0.4) is 0 Å². The smallest absolute Gasteiger partial charge is 0.306 e. The number of hydrogen-bond donors (Lipinski definition) is 2. The summed E-state index contributed by atoms with van der Waals surface area (Å²) in [6.45, 7) is 4.44. The van der Waals surface area contributed by atoms with Gasteiger partial charge in [-0.2, -0.15) is 0 Å². The lowest BCUT2D eigenvalue weighted by atomic mass is 9.64. The van der Waals surface area contributed by atoms with Gasteiger partial charge in [0.1, 0.15) is 0 Å². The van der Waals surface area contributed by atoms with Gasteiger partial charge < -0.3 is 15.2 Å². The number of rotatable bonds is 4. The van der Waals surface area contributed by atoms with E-state index in [1.165, 1.54) is 0 Å². The van der Waals surface area contributed by atoms with Crippen molar-refractivity contribution in [3.63, 3.8) is 0 Å². The van der Waals surface area contributed by atoms with E-state index >= 15 is 0 Å². The van der Waals surface area contributed by atoms with Crippen molar-refractivity contribution in [3.05, 3.63) is 0 Å². The molecule has 4 heteroatoms. The number of hydrogen-bond acceptors (Lipinski definition) is 3. The third-order valence-electron chi connectivity index (χ3n) is 4.92. The SMILES string of the molecule is COC1CC(NC2CCCC(C(=O)O)C2)C1(C)C. The second kappa shape index (κ2) is 5.17. The predicted octanol–water partition coefficient (Wildman–Crippen LogP) is 2.03. The van der Waals surface area contributed by atoms with E-state index in [0.717, 1.165) is 32.1 Å². The van der Waals surface area contributed by atoms with Crippen LogP contribution in [0, 0.1) is 11.3 Å². The van der Waals surface area contributed by atoms with Crippen molar-refractivity contribution in [2.45, 2.75) is 64.1 Å². The van der Waals surface area contributed by atoms with E-state index in [2.05, 4.69) is 19.2 Å². The van der Waals surface area contributed by atoms with Crippen LogP contribution in [0.1, 0.15) is 46.0 Å². The van der Waals surface area contributed by atoms with Gasteiger partial charge in [-0.25, -0.2) is 0 Å². The molecule has 4 nitrogen and oxygen atoms in total. The molecule has 2 rings (SSSR count). The number of carboxylic acid groups (broad SMARTS) is 1. The van der Waals surface area contributed by atoms with Gasteiger partial charge in [-0.1, -0.05) is 20.3 Å². The highest BCUT2D eigenvalue weighted by Crippen LogP contribution is 2.43. The first kappa shape index (κ1) is 13.8. The van der Waals surface area contributed by atoms with Crippen molar-refractivity contribution in [2.24, 2.45) is 11.3 Å².